The van der Waals surface area contributed by atoms with Gasteiger partial charge in [-0.15, -0.1) is 0 Å². The van der Waals surface area contributed by atoms with Gasteiger partial charge in [0, 0.05) is 32.7 Å². The van der Waals surface area contributed by atoms with E-state index in [2.05, 4.69) is 0 Å². The summed E-state index contributed by atoms with van der Waals surface area (Å²) in [6, 6.07) is 5.95. The number of piperazine rings is 1. The standard InChI is InChI=1S/C14H21N3O4S/c1-11-2-4-12(5-3-11)22(20,21)17-8-6-16(7-9-17)13(10-15)14(18)19/h2-5,13H,6-10,15H2,1H3,(H,18,19)/t13-/m0/s1. The van der Waals surface area contributed by atoms with Gasteiger partial charge in [0.2, 0.25) is 10.0 Å². The second-order valence-corrected chi connectivity index (χ2v) is 7.28. The number of carboxylic acid groups (broad SMARTS) is 1. The highest BCUT2D eigenvalue weighted by Gasteiger charge is 2.32. The van der Waals surface area contributed by atoms with Crippen LogP contribution in [0.3, 0.4) is 0 Å². The van der Waals surface area contributed by atoms with E-state index in [0.29, 0.717) is 13.1 Å². The molecule has 1 aromatic rings. The fourth-order valence-corrected chi connectivity index (χ4v) is 3.94. The molecule has 2 rings (SSSR count). The molecule has 1 heterocycles. The van der Waals surface area contributed by atoms with Crippen molar-refractivity contribution in [3.63, 3.8) is 0 Å². The minimum absolute atomic E-state index is 0.0139. The van der Waals surface area contributed by atoms with Crippen molar-refractivity contribution in [2.24, 2.45) is 5.73 Å². The monoisotopic (exact) mass is 327 g/mol. The van der Waals surface area contributed by atoms with Crippen LogP contribution in [0.5, 0.6) is 0 Å². The summed E-state index contributed by atoms with van der Waals surface area (Å²) < 4.78 is 26.5. The van der Waals surface area contributed by atoms with Crippen LogP contribution in [0.4, 0.5) is 0 Å². The average Bonchev–Trinajstić information content (AvgIpc) is 2.48. The van der Waals surface area contributed by atoms with E-state index >= 15 is 0 Å². The normalized spacial score (nSPS) is 19.0. The predicted octanol–water partition coefficient (Wildman–Crippen LogP) is -0.287. The number of carboxylic acids is 1. The van der Waals surface area contributed by atoms with E-state index in [9.17, 15) is 13.2 Å². The number of sulfonamides is 1. The molecule has 0 spiro atoms. The average molecular weight is 327 g/mol. The summed E-state index contributed by atoms with van der Waals surface area (Å²) in [6.07, 6.45) is 0. The topological polar surface area (TPSA) is 104 Å². The zero-order chi connectivity index (χ0) is 16.3. The number of nitrogens with two attached hydrogens (primary N) is 1. The third kappa shape index (κ3) is 3.46. The first kappa shape index (κ1) is 16.9. The Balaban J connectivity index is 2.07. The summed E-state index contributed by atoms with van der Waals surface area (Å²) >= 11 is 0. The van der Waals surface area contributed by atoms with Crippen molar-refractivity contribution in [3.05, 3.63) is 29.8 Å². The molecule has 1 fully saturated rings. The third-order valence-electron chi connectivity index (χ3n) is 3.88. The molecular formula is C14H21N3O4S. The molecule has 122 valence electrons. The van der Waals surface area contributed by atoms with Crippen LogP contribution < -0.4 is 5.73 Å². The van der Waals surface area contributed by atoms with E-state index < -0.39 is 22.0 Å². The zero-order valence-electron chi connectivity index (χ0n) is 12.5. The van der Waals surface area contributed by atoms with Crippen molar-refractivity contribution in [2.75, 3.05) is 32.7 Å². The van der Waals surface area contributed by atoms with Crippen molar-refractivity contribution in [3.8, 4) is 0 Å². The molecule has 22 heavy (non-hydrogen) atoms. The van der Waals surface area contributed by atoms with Gasteiger partial charge in [0.15, 0.2) is 0 Å². The summed E-state index contributed by atoms with van der Waals surface area (Å²) in [4.78, 5) is 13.1. The van der Waals surface area contributed by atoms with Crippen LogP contribution in [-0.4, -0.2) is 67.5 Å². The zero-order valence-corrected chi connectivity index (χ0v) is 13.3. The molecule has 0 aromatic heterocycles. The number of hydrogen-bond acceptors (Lipinski definition) is 5. The maximum atomic E-state index is 12.5. The number of nitrogens with zero attached hydrogens (tertiary/aromatic N) is 2. The van der Waals surface area contributed by atoms with Crippen LogP contribution >= 0.6 is 0 Å². The van der Waals surface area contributed by atoms with Gasteiger partial charge < -0.3 is 10.8 Å². The van der Waals surface area contributed by atoms with E-state index in [1.165, 1.54) is 4.31 Å². The van der Waals surface area contributed by atoms with E-state index in [1.54, 1.807) is 29.2 Å². The molecule has 1 aliphatic heterocycles. The summed E-state index contributed by atoms with van der Waals surface area (Å²) in [5.74, 6) is -0.975. The van der Waals surface area contributed by atoms with E-state index in [0.717, 1.165) is 5.56 Å². The van der Waals surface area contributed by atoms with Crippen molar-refractivity contribution < 1.29 is 18.3 Å². The molecule has 0 bridgehead atoms. The van der Waals surface area contributed by atoms with Gasteiger partial charge in [0.1, 0.15) is 6.04 Å². The minimum Gasteiger partial charge on any atom is -0.480 e. The first-order chi connectivity index (χ1) is 10.4. The number of carbonyl (C=O) groups is 1. The number of rotatable bonds is 5. The fourth-order valence-electron chi connectivity index (χ4n) is 2.52. The van der Waals surface area contributed by atoms with Gasteiger partial charge in [-0.05, 0) is 19.1 Å². The van der Waals surface area contributed by atoms with Crippen molar-refractivity contribution in [2.45, 2.75) is 17.9 Å². The lowest BCUT2D eigenvalue weighted by Crippen LogP contribution is -2.55. The molecular weight excluding hydrogens is 306 g/mol. The van der Waals surface area contributed by atoms with Gasteiger partial charge in [-0.2, -0.15) is 4.31 Å². The second kappa shape index (κ2) is 6.74. The van der Waals surface area contributed by atoms with Crippen LogP contribution in [-0.2, 0) is 14.8 Å². The van der Waals surface area contributed by atoms with Gasteiger partial charge in [-0.3, -0.25) is 9.69 Å². The molecule has 0 unspecified atom stereocenters. The Morgan fingerprint density at radius 3 is 2.23 bits per heavy atom. The number of benzene rings is 1. The Kier molecular flexibility index (Phi) is 5.17. The van der Waals surface area contributed by atoms with Crippen LogP contribution in [0.2, 0.25) is 0 Å². The summed E-state index contributed by atoms with van der Waals surface area (Å²) in [5, 5.41) is 9.10. The Labute approximate surface area is 130 Å². The van der Waals surface area contributed by atoms with Crippen LogP contribution in [0, 0.1) is 6.92 Å². The Morgan fingerprint density at radius 2 is 1.77 bits per heavy atom. The predicted molar refractivity (Wildman–Crippen MR) is 82.0 cm³/mol. The lowest BCUT2D eigenvalue weighted by atomic mass is 10.2. The van der Waals surface area contributed by atoms with Crippen LogP contribution in [0.25, 0.3) is 0 Å². The summed E-state index contributed by atoms with van der Waals surface area (Å²) in [5.41, 5.74) is 6.47. The van der Waals surface area contributed by atoms with Crippen molar-refractivity contribution in [1.29, 1.82) is 0 Å². The molecule has 7 nitrogen and oxygen atoms in total. The maximum Gasteiger partial charge on any atom is 0.322 e. The highest BCUT2D eigenvalue weighted by atomic mass is 32.2. The minimum atomic E-state index is -3.53. The van der Waals surface area contributed by atoms with Crippen molar-refractivity contribution >= 4 is 16.0 Å². The van der Waals surface area contributed by atoms with Gasteiger partial charge in [-0.25, -0.2) is 8.42 Å². The number of aliphatic carboxylic acids is 1. The highest BCUT2D eigenvalue weighted by molar-refractivity contribution is 7.89. The smallest absolute Gasteiger partial charge is 0.322 e. The Bertz CT molecular complexity index is 622. The first-order valence-electron chi connectivity index (χ1n) is 7.10. The first-order valence-corrected chi connectivity index (χ1v) is 8.54. The molecule has 8 heteroatoms. The largest absolute Gasteiger partial charge is 0.480 e. The molecule has 3 N–H and O–H groups in total. The van der Waals surface area contributed by atoms with E-state index in [-0.39, 0.29) is 24.5 Å². The Hall–Kier alpha value is -1.48. The summed E-state index contributed by atoms with van der Waals surface area (Å²) in [7, 11) is -3.53. The fraction of sp³-hybridized carbons (Fsp3) is 0.500. The van der Waals surface area contributed by atoms with E-state index in [4.69, 9.17) is 10.8 Å². The second-order valence-electron chi connectivity index (χ2n) is 5.34. The van der Waals surface area contributed by atoms with Crippen molar-refractivity contribution in [1.82, 2.24) is 9.21 Å². The molecule has 0 radical (unpaired) electrons. The number of aryl methyl sites for hydroxylation is 1. The van der Waals surface area contributed by atoms with Gasteiger partial charge >= 0.3 is 5.97 Å². The molecule has 1 aromatic carbocycles. The third-order valence-corrected chi connectivity index (χ3v) is 5.79. The van der Waals surface area contributed by atoms with Crippen LogP contribution in [0.15, 0.2) is 29.2 Å². The quantitative estimate of drug-likeness (QED) is 0.770. The molecule has 1 saturated heterocycles. The lowest BCUT2D eigenvalue weighted by Gasteiger charge is -2.36. The lowest BCUT2D eigenvalue weighted by molar-refractivity contribution is -0.143. The van der Waals surface area contributed by atoms with Gasteiger partial charge in [0.05, 0.1) is 4.90 Å². The molecule has 0 aliphatic carbocycles. The molecule has 1 aliphatic rings. The highest BCUT2D eigenvalue weighted by Crippen LogP contribution is 2.18. The van der Waals surface area contributed by atoms with Crippen LogP contribution in [0.1, 0.15) is 5.56 Å². The SMILES string of the molecule is Cc1ccc(S(=O)(=O)N2CCN([C@@H](CN)C(=O)O)CC2)cc1. The summed E-state index contributed by atoms with van der Waals surface area (Å²) in [6.45, 7) is 3.16. The van der Waals surface area contributed by atoms with Gasteiger partial charge in [-0.1, -0.05) is 17.7 Å². The molecule has 1 atom stereocenters. The Morgan fingerprint density at radius 1 is 1.23 bits per heavy atom. The number of hydrogen-bond donors (Lipinski definition) is 2. The van der Waals surface area contributed by atoms with E-state index in [1.807, 2.05) is 6.92 Å². The van der Waals surface area contributed by atoms with Gasteiger partial charge in [0.25, 0.3) is 0 Å². The molecule has 0 amide bonds. The molecule has 0 saturated carbocycles. The maximum absolute atomic E-state index is 12.5.